The molecule has 44 heavy (non-hydrogen) atoms. The summed E-state index contributed by atoms with van der Waals surface area (Å²) in [6.45, 7) is 0. The summed E-state index contributed by atoms with van der Waals surface area (Å²) in [5, 5.41) is 23.8. The highest BCUT2D eigenvalue weighted by molar-refractivity contribution is 7.47. The van der Waals surface area contributed by atoms with Crippen molar-refractivity contribution in [1.82, 2.24) is 0 Å². The highest BCUT2D eigenvalue weighted by Gasteiger charge is 2.76. The van der Waals surface area contributed by atoms with Gasteiger partial charge < -0.3 is 49.4 Å². The summed E-state index contributed by atoms with van der Waals surface area (Å²) in [7, 11) is -24.6. The molecule has 20 nitrogen and oxygen atoms in total. The molecule has 2 aromatic carbocycles. The smallest absolute Gasteiger partial charge is 0.376 e. The summed E-state index contributed by atoms with van der Waals surface area (Å²) in [5.74, 6) is -3.80. The second-order valence-corrected chi connectivity index (χ2v) is 13.9. The van der Waals surface area contributed by atoms with Gasteiger partial charge in [-0.1, -0.05) is 60.7 Å². The van der Waals surface area contributed by atoms with Crippen LogP contribution in [-0.4, -0.2) is 96.5 Å². The minimum absolute atomic E-state index is 0.696. The lowest BCUT2D eigenvalue weighted by Crippen LogP contribution is -2.81. The van der Waals surface area contributed by atoms with E-state index in [0.717, 1.165) is 48.5 Å². The Balaban J connectivity index is 2.56. The molecule has 3 rings (SSSR count). The van der Waals surface area contributed by atoms with Crippen molar-refractivity contribution in [3.63, 3.8) is 0 Å². The quantitative estimate of drug-likeness (QED) is 0.0947. The van der Waals surface area contributed by atoms with Gasteiger partial charge in [0.15, 0.2) is 22.8 Å². The first-order valence-corrected chi connectivity index (χ1v) is 17.6. The van der Waals surface area contributed by atoms with Crippen molar-refractivity contribution < 1.29 is 95.3 Å². The molecule has 0 bridgehead atoms. The molecule has 0 aromatic heterocycles. The average molecular weight is 708 g/mol. The maximum atomic E-state index is 13.8. The van der Waals surface area contributed by atoms with Crippen molar-refractivity contribution in [2.24, 2.45) is 0 Å². The van der Waals surface area contributed by atoms with Gasteiger partial charge in [-0.15, -0.1) is 0 Å². The molecule has 0 spiro atoms. The lowest BCUT2D eigenvalue weighted by molar-refractivity contribution is -0.256. The van der Waals surface area contributed by atoms with Gasteiger partial charge in [0.2, 0.25) is 0 Å². The lowest BCUT2D eigenvalue weighted by Gasteiger charge is -2.55. The first-order chi connectivity index (χ1) is 19.9. The van der Waals surface area contributed by atoms with Crippen molar-refractivity contribution in [3.05, 3.63) is 71.8 Å². The summed E-state index contributed by atoms with van der Waals surface area (Å²) in [6, 6.07) is 10.8. The Bertz CT molecular complexity index is 1380. The van der Waals surface area contributed by atoms with Gasteiger partial charge in [0.1, 0.15) is 24.4 Å². The molecule has 10 N–H and O–H groups in total. The van der Waals surface area contributed by atoms with Gasteiger partial charge in [-0.2, -0.15) is 0 Å². The Labute approximate surface area is 245 Å². The van der Waals surface area contributed by atoms with Crippen LogP contribution in [0.4, 0.5) is 0 Å². The van der Waals surface area contributed by atoms with Crippen LogP contribution in [0.15, 0.2) is 60.7 Å². The summed E-state index contributed by atoms with van der Waals surface area (Å²) in [6.07, 6.45) is -13.7. The van der Waals surface area contributed by atoms with Crippen molar-refractivity contribution in [2.45, 2.75) is 35.6 Å². The van der Waals surface area contributed by atoms with Crippen LogP contribution in [0.3, 0.4) is 0 Å². The molecule has 0 aliphatic heterocycles. The van der Waals surface area contributed by atoms with Crippen molar-refractivity contribution in [1.29, 1.82) is 0 Å². The largest absolute Gasteiger partial charge is 0.470 e. The molecule has 1 aliphatic rings. The summed E-state index contributed by atoms with van der Waals surface area (Å²) in [5.41, 5.74) is -9.71. The van der Waals surface area contributed by atoms with E-state index in [1.807, 2.05) is 0 Å². The highest BCUT2D eigenvalue weighted by Crippen LogP contribution is 2.58. The van der Waals surface area contributed by atoms with E-state index in [1.54, 1.807) is 0 Å². The van der Waals surface area contributed by atoms with Crippen molar-refractivity contribution in [3.8, 4) is 0 Å². The third-order valence-electron chi connectivity index (χ3n) is 6.09. The molecular formula is C20H24O20P4. The molecular weight excluding hydrogens is 684 g/mol. The molecule has 2 unspecified atom stereocenters. The molecule has 2 aromatic rings. The van der Waals surface area contributed by atoms with Crippen molar-refractivity contribution in [2.75, 3.05) is 0 Å². The summed E-state index contributed by atoms with van der Waals surface area (Å²) >= 11 is 0. The minimum Gasteiger partial charge on any atom is -0.376 e. The number of carbonyl (C=O) groups is 2. The zero-order valence-corrected chi connectivity index (χ0v) is 25.0. The van der Waals surface area contributed by atoms with Crippen LogP contribution in [0.25, 0.3) is 0 Å². The molecule has 1 saturated carbocycles. The van der Waals surface area contributed by atoms with E-state index in [-0.39, 0.29) is 0 Å². The van der Waals surface area contributed by atoms with Crippen LogP contribution in [0.1, 0.15) is 20.7 Å². The number of hydrogen-bond donors (Lipinski definition) is 10. The van der Waals surface area contributed by atoms with Gasteiger partial charge in [-0.3, -0.25) is 27.7 Å². The van der Waals surface area contributed by atoms with Crippen LogP contribution >= 0.6 is 31.3 Å². The van der Waals surface area contributed by atoms with Crippen molar-refractivity contribution >= 4 is 42.9 Å². The third-order valence-corrected chi connectivity index (χ3v) is 8.09. The molecule has 0 heterocycles. The number of rotatable bonds is 12. The fraction of sp³-hybridized carbons (Fsp3) is 0.300. The maximum absolute atomic E-state index is 13.8. The fourth-order valence-corrected chi connectivity index (χ4v) is 6.81. The van der Waals surface area contributed by atoms with Crippen LogP contribution in [0.5, 0.6) is 0 Å². The number of hydrogen-bond acceptors (Lipinski definition) is 12. The predicted octanol–water partition coefficient (Wildman–Crippen LogP) is -0.860. The zero-order valence-electron chi connectivity index (χ0n) is 21.4. The Morgan fingerprint density at radius 3 is 0.864 bits per heavy atom. The van der Waals surface area contributed by atoms with Gasteiger partial charge in [-0.05, 0) is 0 Å². The molecule has 1 aliphatic carbocycles. The van der Waals surface area contributed by atoms with Gasteiger partial charge in [0.05, 0.1) is 0 Å². The van der Waals surface area contributed by atoms with Gasteiger partial charge >= 0.3 is 31.3 Å². The normalized spacial score (nSPS) is 28.4. The Morgan fingerprint density at radius 2 is 0.682 bits per heavy atom. The number of benzene rings is 2. The SMILES string of the molecule is O=C(c1ccccc1)C1(O)[C@H](OP(=O)(O)O)[C@@H](OP(=O)(O)O)C(O)(C(=O)c2ccccc2)[C@@H](OP(=O)(O)O)[C@H]1OP(=O)(O)O. The standard InChI is InChI=1S/C20H24O20P4/c21-13(11-7-3-1-4-8-11)19(23)15(37-41(25,26)27)17(39-43(31,32)33)20(24,14(22)12-9-5-2-6-10-12)18(40-44(34,35)36)16(19)38-42(28,29)30/h1-10,15-18,23-24H,(H2,25,26,27)(H2,28,29,30)(H2,31,32,33)(H2,34,35,36)/t15-,16-,17-,18+,19?,20?/m1/s1. The number of Topliss-reactive ketones (excluding diaryl/α,β-unsaturated/α-hetero) is 2. The van der Waals surface area contributed by atoms with E-state index in [9.17, 15) is 77.2 Å². The second-order valence-electron chi connectivity index (χ2n) is 9.11. The third kappa shape index (κ3) is 8.29. The molecule has 0 saturated heterocycles. The van der Waals surface area contributed by atoms with Crippen LogP contribution in [0.2, 0.25) is 0 Å². The number of carbonyl (C=O) groups excluding carboxylic acids is 2. The number of aliphatic hydroxyl groups is 2. The maximum Gasteiger partial charge on any atom is 0.470 e. The molecule has 1 fully saturated rings. The molecule has 0 radical (unpaired) electrons. The molecule has 6 atom stereocenters. The van der Waals surface area contributed by atoms with Crippen LogP contribution in [-0.2, 0) is 36.4 Å². The average Bonchev–Trinajstić information content (AvgIpc) is 2.89. The molecule has 244 valence electrons. The van der Waals surface area contributed by atoms with Gasteiger partial charge in [0.25, 0.3) is 0 Å². The first kappa shape index (κ1) is 36.6. The van der Waals surface area contributed by atoms with E-state index in [4.69, 9.17) is 0 Å². The summed E-state index contributed by atoms with van der Waals surface area (Å²) < 4.78 is 66.1. The first-order valence-electron chi connectivity index (χ1n) is 11.5. The molecule has 24 heteroatoms. The number of phosphoric acid groups is 4. The van der Waals surface area contributed by atoms with E-state index in [1.165, 1.54) is 12.1 Å². The Kier molecular flexibility index (Phi) is 10.6. The van der Waals surface area contributed by atoms with E-state index in [0.29, 0.717) is 0 Å². The van der Waals surface area contributed by atoms with Gasteiger partial charge in [-0.25, -0.2) is 18.3 Å². The predicted molar refractivity (Wildman–Crippen MR) is 139 cm³/mol. The second kappa shape index (κ2) is 12.7. The van der Waals surface area contributed by atoms with Crippen LogP contribution in [0, 0.1) is 0 Å². The minimum atomic E-state index is -6.16. The number of phosphoric ester groups is 4. The fourth-order valence-electron chi connectivity index (χ4n) is 4.54. The topological polar surface area (TPSA) is 342 Å². The lowest BCUT2D eigenvalue weighted by atomic mass is 9.63. The van der Waals surface area contributed by atoms with E-state index >= 15 is 0 Å². The molecule has 0 amide bonds. The van der Waals surface area contributed by atoms with Crippen LogP contribution < -0.4 is 0 Å². The monoisotopic (exact) mass is 708 g/mol. The van der Waals surface area contributed by atoms with E-state index in [2.05, 4.69) is 18.1 Å². The highest BCUT2D eigenvalue weighted by atomic mass is 31.2. The summed E-state index contributed by atoms with van der Waals surface area (Å²) in [4.78, 5) is 105. The Morgan fingerprint density at radius 1 is 0.477 bits per heavy atom. The number of ketones is 2. The van der Waals surface area contributed by atoms with Gasteiger partial charge in [0, 0.05) is 11.1 Å². The Hall–Kier alpha value is -1.86. The van der Waals surface area contributed by atoms with E-state index < -0.39 is 89.6 Å². The zero-order chi connectivity index (χ0) is 33.5.